The van der Waals surface area contributed by atoms with E-state index in [1.165, 1.54) is 16.1 Å². The number of sulfonamides is 1. The summed E-state index contributed by atoms with van der Waals surface area (Å²) in [5.74, 6) is 0.154. The van der Waals surface area contributed by atoms with E-state index in [-0.39, 0.29) is 24.8 Å². The molecule has 0 aliphatic heterocycles. The Kier molecular flexibility index (Phi) is 7.86. The van der Waals surface area contributed by atoms with Crippen molar-refractivity contribution >= 4 is 37.5 Å². The van der Waals surface area contributed by atoms with Gasteiger partial charge in [0, 0.05) is 24.0 Å². The molecule has 27 heavy (non-hydrogen) atoms. The van der Waals surface area contributed by atoms with Crippen LogP contribution in [-0.4, -0.2) is 33.7 Å². The van der Waals surface area contributed by atoms with E-state index in [2.05, 4.69) is 28.2 Å². The summed E-state index contributed by atoms with van der Waals surface area (Å²) >= 11 is 3.39. The van der Waals surface area contributed by atoms with Crippen LogP contribution in [0.2, 0.25) is 0 Å². The number of nitrogens with one attached hydrogen (secondary N) is 1. The van der Waals surface area contributed by atoms with Crippen LogP contribution in [0.4, 0.5) is 5.69 Å². The third kappa shape index (κ3) is 6.66. The SMILES string of the molecule is CC(CNC(=O)CCCN(c1ccccc1Br)S(C)(=O)=O)c1ccccc1. The largest absolute Gasteiger partial charge is 0.356 e. The number of amides is 1. The number of nitrogens with zero attached hydrogens (tertiary/aromatic N) is 1. The normalized spacial score (nSPS) is 12.4. The zero-order chi connectivity index (χ0) is 19.9. The summed E-state index contributed by atoms with van der Waals surface area (Å²) in [6.45, 7) is 2.87. The summed E-state index contributed by atoms with van der Waals surface area (Å²) in [4.78, 5) is 12.1. The smallest absolute Gasteiger partial charge is 0.232 e. The lowest BCUT2D eigenvalue weighted by atomic mass is 10.0. The van der Waals surface area contributed by atoms with Crippen molar-refractivity contribution in [2.24, 2.45) is 0 Å². The minimum Gasteiger partial charge on any atom is -0.356 e. The van der Waals surface area contributed by atoms with Crippen molar-refractivity contribution in [3.63, 3.8) is 0 Å². The first-order valence-corrected chi connectivity index (χ1v) is 11.5. The van der Waals surface area contributed by atoms with Gasteiger partial charge in [0.15, 0.2) is 0 Å². The van der Waals surface area contributed by atoms with Crippen LogP contribution in [0.3, 0.4) is 0 Å². The highest BCUT2D eigenvalue weighted by molar-refractivity contribution is 9.10. The predicted molar refractivity (Wildman–Crippen MR) is 113 cm³/mol. The number of carbonyl (C=O) groups is 1. The Morgan fingerprint density at radius 2 is 1.74 bits per heavy atom. The second-order valence-electron chi connectivity index (χ2n) is 6.51. The molecule has 2 aromatic rings. The average molecular weight is 453 g/mol. The molecule has 0 aliphatic rings. The first-order valence-electron chi connectivity index (χ1n) is 8.83. The molecule has 0 saturated heterocycles. The molecule has 1 unspecified atom stereocenters. The standard InChI is InChI=1S/C20H25BrN2O3S/c1-16(17-9-4-3-5-10-17)15-22-20(24)13-8-14-23(27(2,25)26)19-12-7-6-11-18(19)21/h3-7,9-12,16H,8,13-15H2,1-2H3,(H,22,24). The summed E-state index contributed by atoms with van der Waals surface area (Å²) < 4.78 is 26.3. The summed E-state index contributed by atoms with van der Waals surface area (Å²) in [7, 11) is -3.43. The zero-order valence-electron chi connectivity index (χ0n) is 15.6. The third-order valence-corrected chi connectivity index (χ3v) is 6.11. The molecule has 1 amide bonds. The molecular weight excluding hydrogens is 428 g/mol. The molecule has 0 radical (unpaired) electrons. The van der Waals surface area contributed by atoms with Crippen LogP contribution in [0.5, 0.6) is 0 Å². The minimum absolute atomic E-state index is 0.0710. The van der Waals surface area contributed by atoms with E-state index in [1.807, 2.05) is 36.4 Å². The van der Waals surface area contributed by atoms with Gasteiger partial charge in [-0.05, 0) is 46.0 Å². The van der Waals surface area contributed by atoms with Gasteiger partial charge in [0.2, 0.25) is 15.9 Å². The molecule has 0 bridgehead atoms. The maximum Gasteiger partial charge on any atom is 0.232 e. The van der Waals surface area contributed by atoms with Crippen LogP contribution in [0.1, 0.15) is 31.2 Å². The molecule has 5 nitrogen and oxygen atoms in total. The fourth-order valence-electron chi connectivity index (χ4n) is 2.76. The van der Waals surface area contributed by atoms with Gasteiger partial charge in [0.25, 0.3) is 0 Å². The number of hydrogen-bond donors (Lipinski definition) is 1. The van der Waals surface area contributed by atoms with Gasteiger partial charge in [-0.15, -0.1) is 0 Å². The van der Waals surface area contributed by atoms with E-state index >= 15 is 0 Å². The lowest BCUT2D eigenvalue weighted by molar-refractivity contribution is -0.121. The zero-order valence-corrected chi connectivity index (χ0v) is 18.0. The van der Waals surface area contributed by atoms with E-state index in [4.69, 9.17) is 0 Å². The topological polar surface area (TPSA) is 66.5 Å². The van der Waals surface area contributed by atoms with Gasteiger partial charge in [-0.1, -0.05) is 49.4 Å². The molecule has 146 valence electrons. The van der Waals surface area contributed by atoms with Crippen molar-refractivity contribution < 1.29 is 13.2 Å². The second kappa shape index (κ2) is 9.90. The van der Waals surface area contributed by atoms with Gasteiger partial charge in [-0.2, -0.15) is 0 Å². The van der Waals surface area contributed by atoms with Crippen molar-refractivity contribution in [1.29, 1.82) is 0 Å². The molecule has 0 fully saturated rings. The molecule has 0 saturated carbocycles. The molecule has 7 heteroatoms. The van der Waals surface area contributed by atoms with Crippen molar-refractivity contribution in [3.05, 3.63) is 64.6 Å². The molecule has 1 atom stereocenters. The number of benzene rings is 2. The van der Waals surface area contributed by atoms with Crippen LogP contribution < -0.4 is 9.62 Å². The highest BCUT2D eigenvalue weighted by Gasteiger charge is 2.19. The van der Waals surface area contributed by atoms with Gasteiger partial charge in [0.05, 0.1) is 11.9 Å². The Labute approximate surface area is 170 Å². The summed E-state index contributed by atoms with van der Waals surface area (Å²) in [5.41, 5.74) is 1.76. The number of hydrogen-bond acceptors (Lipinski definition) is 3. The second-order valence-corrected chi connectivity index (χ2v) is 9.27. The first kappa shape index (κ1) is 21.4. The number of carbonyl (C=O) groups excluding carboxylic acids is 1. The molecule has 0 aromatic heterocycles. The lowest BCUT2D eigenvalue weighted by Crippen LogP contribution is -2.33. The fourth-order valence-corrected chi connectivity index (χ4v) is 4.35. The molecule has 0 aliphatic carbocycles. The summed E-state index contributed by atoms with van der Waals surface area (Å²) in [6, 6.07) is 17.2. The molecule has 1 N–H and O–H groups in total. The van der Waals surface area contributed by atoms with Crippen LogP contribution in [0.15, 0.2) is 59.1 Å². The third-order valence-electron chi connectivity index (χ3n) is 4.26. The number of anilines is 1. The Balaban J connectivity index is 1.86. The van der Waals surface area contributed by atoms with Crippen LogP contribution in [-0.2, 0) is 14.8 Å². The summed E-state index contributed by atoms with van der Waals surface area (Å²) in [6.07, 6.45) is 1.89. The Bertz CT molecular complexity index is 857. The van der Waals surface area contributed by atoms with Crippen LogP contribution in [0, 0.1) is 0 Å². The van der Waals surface area contributed by atoms with Gasteiger partial charge >= 0.3 is 0 Å². The Morgan fingerprint density at radius 1 is 1.11 bits per heavy atom. The van der Waals surface area contributed by atoms with E-state index in [9.17, 15) is 13.2 Å². The maximum atomic E-state index is 12.1. The molecule has 0 spiro atoms. The van der Waals surface area contributed by atoms with Gasteiger partial charge in [0.1, 0.15) is 0 Å². The molecule has 2 aromatic carbocycles. The highest BCUT2D eigenvalue weighted by atomic mass is 79.9. The Hall–Kier alpha value is -1.86. The van der Waals surface area contributed by atoms with E-state index in [0.29, 0.717) is 23.1 Å². The van der Waals surface area contributed by atoms with E-state index in [1.54, 1.807) is 18.2 Å². The maximum absolute atomic E-state index is 12.1. The summed E-state index contributed by atoms with van der Waals surface area (Å²) in [5, 5.41) is 2.93. The average Bonchev–Trinajstić information content (AvgIpc) is 2.64. The van der Waals surface area contributed by atoms with Gasteiger partial charge < -0.3 is 5.32 Å². The van der Waals surface area contributed by atoms with E-state index in [0.717, 1.165) is 0 Å². The Morgan fingerprint density at radius 3 is 2.37 bits per heavy atom. The quantitative estimate of drug-likeness (QED) is 0.626. The van der Waals surface area contributed by atoms with Crippen molar-refractivity contribution in [3.8, 4) is 0 Å². The highest BCUT2D eigenvalue weighted by Crippen LogP contribution is 2.27. The molecular formula is C20H25BrN2O3S. The molecule has 2 rings (SSSR count). The van der Waals surface area contributed by atoms with Gasteiger partial charge in [-0.25, -0.2) is 8.42 Å². The number of rotatable bonds is 9. The fraction of sp³-hybridized carbons (Fsp3) is 0.350. The van der Waals surface area contributed by atoms with Crippen molar-refractivity contribution in [1.82, 2.24) is 5.32 Å². The van der Waals surface area contributed by atoms with Crippen LogP contribution in [0.25, 0.3) is 0 Å². The van der Waals surface area contributed by atoms with Crippen molar-refractivity contribution in [2.75, 3.05) is 23.7 Å². The van der Waals surface area contributed by atoms with Gasteiger partial charge in [-0.3, -0.25) is 9.10 Å². The molecule has 0 heterocycles. The monoisotopic (exact) mass is 452 g/mol. The first-order chi connectivity index (χ1) is 12.8. The minimum atomic E-state index is -3.43. The predicted octanol–water partition coefficient (Wildman–Crippen LogP) is 3.92. The lowest BCUT2D eigenvalue weighted by Gasteiger charge is -2.23. The van der Waals surface area contributed by atoms with Crippen molar-refractivity contribution in [2.45, 2.75) is 25.7 Å². The number of halogens is 1. The number of para-hydroxylation sites is 1. The van der Waals surface area contributed by atoms with Crippen LogP contribution >= 0.6 is 15.9 Å². The van der Waals surface area contributed by atoms with E-state index < -0.39 is 10.0 Å².